The van der Waals surface area contributed by atoms with Gasteiger partial charge in [-0.15, -0.1) is 0 Å². The van der Waals surface area contributed by atoms with Gasteiger partial charge in [0, 0.05) is 38.2 Å². The van der Waals surface area contributed by atoms with Crippen LogP contribution in [0.25, 0.3) is 0 Å². The number of fused-ring (bicyclic) bond motifs is 1. The third-order valence-corrected chi connectivity index (χ3v) is 6.51. The average Bonchev–Trinajstić information content (AvgIpc) is 2.91. The number of benzene rings is 1. The molecule has 2 heterocycles. The molecule has 0 saturated carbocycles. The summed E-state index contributed by atoms with van der Waals surface area (Å²) in [4.78, 5) is 29.0. The zero-order valence-electron chi connectivity index (χ0n) is 17.9. The number of carbonyl (C=O) groups excluding carboxylic acids is 2. The van der Waals surface area contributed by atoms with Crippen molar-refractivity contribution >= 4 is 11.7 Å². The molecule has 1 aliphatic carbocycles. The summed E-state index contributed by atoms with van der Waals surface area (Å²) in [6.45, 7) is 5.42. The predicted octanol–water partition coefficient (Wildman–Crippen LogP) is 3.05. The number of ether oxygens (including phenoxy) is 1. The van der Waals surface area contributed by atoms with Crippen LogP contribution >= 0.6 is 0 Å². The molecule has 0 fully saturated rings. The van der Waals surface area contributed by atoms with E-state index in [2.05, 4.69) is 4.90 Å². The van der Waals surface area contributed by atoms with Crippen LogP contribution in [0.15, 0.2) is 29.3 Å². The van der Waals surface area contributed by atoms with Crippen LogP contribution in [0.4, 0.5) is 0 Å². The quantitative estimate of drug-likeness (QED) is 0.574. The number of β-amino-alcohol motifs (C(OH)–C–C–N with tert-alkyl or cyclic N) is 1. The van der Waals surface area contributed by atoms with E-state index in [4.69, 9.17) is 4.74 Å². The number of aliphatic hydroxyl groups is 1. The van der Waals surface area contributed by atoms with E-state index in [1.54, 1.807) is 34.2 Å². The topological polar surface area (TPSA) is 70.1 Å². The van der Waals surface area contributed by atoms with Gasteiger partial charge >= 0.3 is 0 Å². The van der Waals surface area contributed by atoms with Gasteiger partial charge in [-0.2, -0.15) is 0 Å². The zero-order chi connectivity index (χ0) is 21.1. The van der Waals surface area contributed by atoms with Gasteiger partial charge in [0.15, 0.2) is 5.78 Å². The highest BCUT2D eigenvalue weighted by molar-refractivity contribution is 6.01. The van der Waals surface area contributed by atoms with Crippen LogP contribution in [-0.2, 0) is 0 Å². The molecule has 2 aliphatic heterocycles. The molecule has 1 N–H and O–H groups in total. The third kappa shape index (κ3) is 4.60. The van der Waals surface area contributed by atoms with Gasteiger partial charge in [0.1, 0.15) is 12.4 Å². The predicted molar refractivity (Wildman–Crippen MR) is 115 cm³/mol. The summed E-state index contributed by atoms with van der Waals surface area (Å²) >= 11 is 0. The molecule has 1 aromatic rings. The summed E-state index contributed by atoms with van der Waals surface area (Å²) in [5.74, 6) is 0.347. The summed E-state index contributed by atoms with van der Waals surface area (Å²) in [6.07, 6.45) is 5.98. The first-order valence-corrected chi connectivity index (χ1v) is 11.2. The molecular weight excluding hydrogens is 380 g/mol. The van der Waals surface area contributed by atoms with Crippen LogP contribution in [0.1, 0.15) is 66.2 Å². The SMILES string of the molecule is CCC(=O)c1ccc2c(c1)OCCN(CC(O)CN1CCC3=C(CCCC3)C1)C2=O. The molecule has 0 saturated heterocycles. The van der Waals surface area contributed by atoms with Crippen LogP contribution < -0.4 is 4.74 Å². The van der Waals surface area contributed by atoms with E-state index in [0.29, 0.717) is 49.5 Å². The fraction of sp³-hybridized carbons (Fsp3) is 0.583. The summed E-state index contributed by atoms with van der Waals surface area (Å²) in [5, 5.41) is 10.7. The Bertz CT molecular complexity index is 848. The second-order valence-electron chi connectivity index (χ2n) is 8.64. The van der Waals surface area contributed by atoms with Crippen molar-refractivity contribution in [2.75, 3.05) is 39.3 Å². The summed E-state index contributed by atoms with van der Waals surface area (Å²) in [5.41, 5.74) is 4.25. The van der Waals surface area contributed by atoms with Gasteiger partial charge in [-0.3, -0.25) is 14.5 Å². The van der Waals surface area contributed by atoms with E-state index in [0.717, 1.165) is 19.5 Å². The Kier molecular flexibility index (Phi) is 6.54. The van der Waals surface area contributed by atoms with Gasteiger partial charge < -0.3 is 14.7 Å². The van der Waals surface area contributed by atoms with Crippen molar-refractivity contribution in [2.24, 2.45) is 0 Å². The van der Waals surface area contributed by atoms with Crippen LogP contribution in [0.5, 0.6) is 5.75 Å². The number of ketones is 1. The van der Waals surface area contributed by atoms with Crippen LogP contribution in [0, 0.1) is 0 Å². The molecule has 0 aromatic heterocycles. The zero-order valence-corrected chi connectivity index (χ0v) is 17.9. The molecule has 1 unspecified atom stereocenters. The maximum Gasteiger partial charge on any atom is 0.257 e. The van der Waals surface area contributed by atoms with Crippen LogP contribution in [0.2, 0.25) is 0 Å². The fourth-order valence-corrected chi connectivity index (χ4v) is 4.84. The van der Waals surface area contributed by atoms with E-state index in [1.807, 2.05) is 6.92 Å². The maximum absolute atomic E-state index is 13.0. The molecule has 0 bridgehead atoms. The Labute approximate surface area is 178 Å². The van der Waals surface area contributed by atoms with Crippen LogP contribution in [-0.4, -0.2) is 72.0 Å². The molecule has 3 aliphatic rings. The number of carbonyl (C=O) groups is 2. The minimum absolute atomic E-state index is 0.0307. The monoisotopic (exact) mass is 412 g/mol. The lowest BCUT2D eigenvalue weighted by atomic mass is 9.87. The first-order chi connectivity index (χ1) is 14.5. The number of aliphatic hydroxyl groups excluding tert-OH is 1. The maximum atomic E-state index is 13.0. The van der Waals surface area contributed by atoms with Crippen molar-refractivity contribution in [3.8, 4) is 5.75 Å². The number of hydrogen-bond donors (Lipinski definition) is 1. The highest BCUT2D eigenvalue weighted by Crippen LogP contribution is 2.31. The van der Waals surface area contributed by atoms with E-state index in [1.165, 1.54) is 25.7 Å². The highest BCUT2D eigenvalue weighted by atomic mass is 16.5. The normalized spacial score (nSPS) is 20.9. The van der Waals surface area contributed by atoms with E-state index in [-0.39, 0.29) is 11.7 Å². The molecule has 30 heavy (non-hydrogen) atoms. The summed E-state index contributed by atoms with van der Waals surface area (Å²) in [7, 11) is 0. The van der Waals surface area contributed by atoms with Gasteiger partial charge in [-0.1, -0.05) is 24.1 Å². The lowest BCUT2D eigenvalue weighted by Gasteiger charge is -2.35. The van der Waals surface area contributed by atoms with Crippen molar-refractivity contribution in [1.29, 1.82) is 0 Å². The smallest absolute Gasteiger partial charge is 0.257 e. The summed E-state index contributed by atoms with van der Waals surface area (Å²) in [6, 6.07) is 5.03. The van der Waals surface area contributed by atoms with E-state index in [9.17, 15) is 14.7 Å². The second-order valence-corrected chi connectivity index (χ2v) is 8.64. The number of amides is 1. The number of Topliss-reactive ketones (excluding diaryl/α,β-unsaturated/α-hetero) is 1. The Morgan fingerprint density at radius 2 is 1.93 bits per heavy atom. The standard InChI is InChI=1S/C24H32N2O4/c1-2-22(28)18-7-8-21-23(13-18)30-12-11-26(24(21)29)16-20(27)15-25-10-9-17-5-3-4-6-19(17)14-25/h7-8,13,20,27H,2-6,9-12,14-16H2,1H3. The highest BCUT2D eigenvalue weighted by Gasteiger charge is 2.28. The number of nitrogens with zero attached hydrogens (tertiary/aromatic N) is 2. The lowest BCUT2D eigenvalue weighted by Crippen LogP contribution is -2.45. The van der Waals surface area contributed by atoms with Crippen molar-refractivity contribution in [3.63, 3.8) is 0 Å². The van der Waals surface area contributed by atoms with Crippen molar-refractivity contribution in [1.82, 2.24) is 9.80 Å². The van der Waals surface area contributed by atoms with E-state index < -0.39 is 6.10 Å². The minimum Gasteiger partial charge on any atom is -0.491 e. The van der Waals surface area contributed by atoms with Crippen molar-refractivity contribution < 1.29 is 19.4 Å². The van der Waals surface area contributed by atoms with Crippen LogP contribution in [0.3, 0.4) is 0 Å². The van der Waals surface area contributed by atoms with Crippen molar-refractivity contribution in [2.45, 2.75) is 51.6 Å². The molecular formula is C24H32N2O4. The van der Waals surface area contributed by atoms with Gasteiger partial charge in [0.05, 0.1) is 18.2 Å². The van der Waals surface area contributed by atoms with Gasteiger partial charge in [-0.25, -0.2) is 0 Å². The lowest BCUT2D eigenvalue weighted by molar-refractivity contribution is 0.0521. The molecule has 6 heteroatoms. The molecule has 1 aromatic carbocycles. The largest absolute Gasteiger partial charge is 0.491 e. The molecule has 162 valence electrons. The number of hydrogen-bond acceptors (Lipinski definition) is 5. The Morgan fingerprint density at radius 3 is 2.73 bits per heavy atom. The minimum atomic E-state index is -0.595. The van der Waals surface area contributed by atoms with Crippen molar-refractivity contribution in [3.05, 3.63) is 40.5 Å². The Balaban J connectivity index is 1.38. The molecule has 0 spiro atoms. The Morgan fingerprint density at radius 1 is 1.13 bits per heavy atom. The second kappa shape index (κ2) is 9.31. The molecule has 1 atom stereocenters. The first-order valence-electron chi connectivity index (χ1n) is 11.2. The Hall–Kier alpha value is -2.18. The van der Waals surface area contributed by atoms with Gasteiger partial charge in [0.2, 0.25) is 0 Å². The van der Waals surface area contributed by atoms with E-state index >= 15 is 0 Å². The average molecular weight is 413 g/mol. The molecule has 0 radical (unpaired) electrons. The number of rotatable bonds is 6. The first kappa shape index (κ1) is 21.1. The molecule has 6 nitrogen and oxygen atoms in total. The fourth-order valence-electron chi connectivity index (χ4n) is 4.84. The third-order valence-electron chi connectivity index (χ3n) is 6.51. The van der Waals surface area contributed by atoms with Gasteiger partial charge in [-0.05, 0) is 44.2 Å². The van der Waals surface area contributed by atoms with Gasteiger partial charge in [0.25, 0.3) is 5.91 Å². The summed E-state index contributed by atoms with van der Waals surface area (Å²) < 4.78 is 5.76. The molecule has 1 amide bonds. The molecule has 4 rings (SSSR count).